The zero-order valence-corrected chi connectivity index (χ0v) is 13.0. The Morgan fingerprint density at radius 1 is 1.23 bits per heavy atom. The minimum Gasteiger partial charge on any atom is -0.356 e. The summed E-state index contributed by atoms with van der Waals surface area (Å²) in [7, 11) is 0. The third-order valence-corrected chi connectivity index (χ3v) is 4.51. The minimum atomic E-state index is -0.712. The Morgan fingerprint density at radius 2 is 1.95 bits per heavy atom. The monoisotopic (exact) mass is 322 g/mol. The van der Waals surface area contributed by atoms with Crippen LogP contribution in [0.5, 0.6) is 0 Å². The van der Waals surface area contributed by atoms with Crippen LogP contribution >= 0.6 is 11.6 Å². The molecule has 1 aromatic carbocycles. The van der Waals surface area contributed by atoms with Gasteiger partial charge >= 0.3 is 0 Å². The van der Waals surface area contributed by atoms with Crippen LogP contribution < -0.4 is 5.32 Å². The van der Waals surface area contributed by atoms with Crippen LogP contribution in [-0.2, 0) is 14.3 Å². The molecular weight excluding hydrogens is 304 g/mol. The fraction of sp³-hybridized carbons (Fsp3) is 0.500. The SMILES string of the molecule is O=C1COC(C(=O)N2CCCCC2)C(c2ccccc2Cl)N1. The number of ether oxygens (including phenoxy) is 1. The van der Waals surface area contributed by atoms with E-state index >= 15 is 0 Å². The van der Waals surface area contributed by atoms with Crippen LogP contribution in [0.2, 0.25) is 5.02 Å². The van der Waals surface area contributed by atoms with Crippen LogP contribution in [0.25, 0.3) is 0 Å². The van der Waals surface area contributed by atoms with Crippen molar-refractivity contribution in [3.05, 3.63) is 34.9 Å². The van der Waals surface area contributed by atoms with Gasteiger partial charge in [-0.25, -0.2) is 0 Å². The Hall–Kier alpha value is -1.59. The van der Waals surface area contributed by atoms with Crippen LogP contribution in [0, 0.1) is 0 Å². The van der Waals surface area contributed by atoms with E-state index in [-0.39, 0.29) is 18.4 Å². The number of benzene rings is 1. The van der Waals surface area contributed by atoms with E-state index in [0.717, 1.165) is 32.4 Å². The molecule has 0 saturated carbocycles. The molecule has 2 unspecified atom stereocenters. The number of amides is 2. The van der Waals surface area contributed by atoms with Crippen molar-refractivity contribution >= 4 is 23.4 Å². The van der Waals surface area contributed by atoms with Gasteiger partial charge < -0.3 is 15.0 Å². The normalized spacial score (nSPS) is 25.7. The number of rotatable bonds is 2. The molecule has 2 fully saturated rings. The summed E-state index contributed by atoms with van der Waals surface area (Å²) in [6.07, 6.45) is 2.47. The average Bonchev–Trinajstić information content (AvgIpc) is 2.55. The highest BCUT2D eigenvalue weighted by atomic mass is 35.5. The maximum absolute atomic E-state index is 12.8. The van der Waals surface area contributed by atoms with E-state index in [9.17, 15) is 9.59 Å². The topological polar surface area (TPSA) is 58.6 Å². The number of hydrogen-bond acceptors (Lipinski definition) is 3. The van der Waals surface area contributed by atoms with Gasteiger partial charge in [0.2, 0.25) is 5.91 Å². The summed E-state index contributed by atoms with van der Waals surface area (Å²) in [4.78, 5) is 26.3. The molecule has 5 nitrogen and oxygen atoms in total. The fourth-order valence-corrected chi connectivity index (χ4v) is 3.28. The second kappa shape index (κ2) is 6.67. The first-order valence-electron chi connectivity index (χ1n) is 7.61. The van der Waals surface area contributed by atoms with Gasteiger partial charge in [0, 0.05) is 18.1 Å². The smallest absolute Gasteiger partial charge is 0.254 e. The van der Waals surface area contributed by atoms with E-state index in [0.29, 0.717) is 10.6 Å². The van der Waals surface area contributed by atoms with Gasteiger partial charge in [-0.05, 0) is 30.9 Å². The molecule has 0 spiro atoms. The predicted molar refractivity (Wildman–Crippen MR) is 82.5 cm³/mol. The summed E-state index contributed by atoms with van der Waals surface area (Å²) < 4.78 is 5.57. The van der Waals surface area contributed by atoms with E-state index in [1.54, 1.807) is 6.07 Å². The van der Waals surface area contributed by atoms with Gasteiger partial charge in [0.05, 0.1) is 6.04 Å². The molecule has 2 heterocycles. The highest BCUT2D eigenvalue weighted by Crippen LogP contribution is 2.30. The molecule has 2 atom stereocenters. The molecule has 2 amide bonds. The summed E-state index contributed by atoms with van der Waals surface area (Å²) in [6.45, 7) is 1.41. The van der Waals surface area contributed by atoms with Gasteiger partial charge in [-0.3, -0.25) is 9.59 Å². The third-order valence-electron chi connectivity index (χ3n) is 4.16. The number of likely N-dealkylation sites (tertiary alicyclic amines) is 1. The molecule has 2 saturated heterocycles. The number of piperidine rings is 1. The first-order valence-corrected chi connectivity index (χ1v) is 7.99. The Morgan fingerprint density at radius 3 is 2.68 bits per heavy atom. The number of nitrogens with zero attached hydrogens (tertiary/aromatic N) is 1. The zero-order valence-electron chi connectivity index (χ0n) is 12.3. The quantitative estimate of drug-likeness (QED) is 0.905. The van der Waals surface area contributed by atoms with Crippen molar-refractivity contribution in [1.82, 2.24) is 10.2 Å². The Labute approximate surface area is 134 Å². The maximum Gasteiger partial charge on any atom is 0.254 e. The predicted octanol–water partition coefficient (Wildman–Crippen LogP) is 1.91. The van der Waals surface area contributed by atoms with Gasteiger partial charge in [-0.15, -0.1) is 0 Å². The average molecular weight is 323 g/mol. The van der Waals surface area contributed by atoms with Crippen molar-refractivity contribution in [2.45, 2.75) is 31.4 Å². The van der Waals surface area contributed by atoms with Crippen LogP contribution in [0.1, 0.15) is 30.9 Å². The molecule has 6 heteroatoms. The lowest BCUT2D eigenvalue weighted by molar-refractivity contribution is -0.155. The molecule has 2 aliphatic rings. The standard InChI is InChI=1S/C16H19ClN2O3/c17-12-7-3-2-6-11(12)14-15(22-10-13(20)18-14)16(21)19-8-4-1-5-9-19/h2-3,6-7,14-15H,1,4-5,8-10H2,(H,18,20). The summed E-state index contributed by atoms with van der Waals surface area (Å²) in [5.74, 6) is -0.294. The Kier molecular flexibility index (Phi) is 4.64. The largest absolute Gasteiger partial charge is 0.356 e. The van der Waals surface area contributed by atoms with Crippen molar-refractivity contribution in [3.8, 4) is 0 Å². The number of morpholine rings is 1. The highest BCUT2D eigenvalue weighted by molar-refractivity contribution is 6.31. The van der Waals surface area contributed by atoms with E-state index in [2.05, 4.69) is 5.32 Å². The second-order valence-electron chi connectivity index (χ2n) is 5.68. The lowest BCUT2D eigenvalue weighted by Crippen LogP contribution is -2.54. The van der Waals surface area contributed by atoms with E-state index < -0.39 is 12.1 Å². The first kappa shape index (κ1) is 15.3. The molecule has 2 aliphatic heterocycles. The van der Waals surface area contributed by atoms with Crippen LogP contribution in [0.3, 0.4) is 0 Å². The van der Waals surface area contributed by atoms with E-state index in [4.69, 9.17) is 16.3 Å². The van der Waals surface area contributed by atoms with E-state index in [1.165, 1.54) is 0 Å². The van der Waals surface area contributed by atoms with E-state index in [1.807, 2.05) is 23.1 Å². The van der Waals surface area contributed by atoms with Crippen LogP contribution in [0.4, 0.5) is 0 Å². The third kappa shape index (κ3) is 3.10. The second-order valence-corrected chi connectivity index (χ2v) is 6.09. The van der Waals surface area contributed by atoms with Crippen LogP contribution in [0.15, 0.2) is 24.3 Å². The molecule has 118 valence electrons. The molecule has 22 heavy (non-hydrogen) atoms. The van der Waals surface area contributed by atoms with Crippen molar-refractivity contribution < 1.29 is 14.3 Å². The van der Waals surface area contributed by atoms with Gasteiger partial charge in [0.25, 0.3) is 5.91 Å². The zero-order chi connectivity index (χ0) is 15.5. The molecule has 3 rings (SSSR count). The van der Waals surface area contributed by atoms with Gasteiger partial charge in [0.1, 0.15) is 6.61 Å². The Bertz CT molecular complexity index is 572. The number of carbonyl (C=O) groups is 2. The highest BCUT2D eigenvalue weighted by Gasteiger charge is 2.39. The van der Waals surface area contributed by atoms with Crippen molar-refractivity contribution in [2.75, 3.05) is 19.7 Å². The number of hydrogen-bond donors (Lipinski definition) is 1. The van der Waals surface area contributed by atoms with Gasteiger partial charge in [-0.1, -0.05) is 29.8 Å². The molecule has 0 aromatic heterocycles. The molecule has 0 radical (unpaired) electrons. The summed E-state index contributed by atoms with van der Waals surface area (Å²) in [5.41, 5.74) is 0.715. The number of halogens is 1. The molecule has 0 aliphatic carbocycles. The first-order chi connectivity index (χ1) is 10.7. The lowest BCUT2D eigenvalue weighted by Gasteiger charge is -2.36. The van der Waals surface area contributed by atoms with Crippen LogP contribution in [-0.4, -0.2) is 42.5 Å². The summed E-state index contributed by atoms with van der Waals surface area (Å²) in [6, 6.07) is 6.69. The maximum atomic E-state index is 12.8. The number of nitrogens with one attached hydrogen (secondary N) is 1. The lowest BCUT2D eigenvalue weighted by atomic mass is 9.98. The minimum absolute atomic E-state index is 0.0652. The fourth-order valence-electron chi connectivity index (χ4n) is 3.03. The molecule has 0 bridgehead atoms. The van der Waals surface area contributed by atoms with Crippen molar-refractivity contribution in [2.24, 2.45) is 0 Å². The van der Waals surface area contributed by atoms with Gasteiger partial charge in [-0.2, -0.15) is 0 Å². The Balaban J connectivity index is 1.85. The molecule has 1 aromatic rings. The number of carbonyl (C=O) groups excluding carboxylic acids is 2. The summed E-state index contributed by atoms with van der Waals surface area (Å²) in [5, 5.41) is 3.37. The molecular formula is C16H19ClN2O3. The van der Waals surface area contributed by atoms with Gasteiger partial charge in [0.15, 0.2) is 6.10 Å². The summed E-state index contributed by atoms with van der Waals surface area (Å²) >= 11 is 6.23. The van der Waals surface area contributed by atoms with Crippen molar-refractivity contribution in [1.29, 1.82) is 0 Å². The van der Waals surface area contributed by atoms with Crippen molar-refractivity contribution in [3.63, 3.8) is 0 Å². The molecule has 1 N–H and O–H groups in total.